The summed E-state index contributed by atoms with van der Waals surface area (Å²) in [5.74, 6) is -0.165. The van der Waals surface area contributed by atoms with Crippen LogP contribution in [-0.4, -0.2) is 19.8 Å². The van der Waals surface area contributed by atoms with Crippen molar-refractivity contribution in [2.24, 2.45) is 0 Å². The number of hydrogen-bond acceptors (Lipinski definition) is 2. The minimum atomic E-state index is -0.274. The number of hydrogen-bond donors (Lipinski definition) is 1. The molecule has 3 heteroatoms. The lowest BCUT2D eigenvalue weighted by Gasteiger charge is -2.29. The van der Waals surface area contributed by atoms with Crippen molar-refractivity contribution >= 4 is 0 Å². The average molecular weight is 239 g/mol. The van der Waals surface area contributed by atoms with Crippen LogP contribution in [0.3, 0.4) is 0 Å². The minimum absolute atomic E-state index is 0.0372. The van der Waals surface area contributed by atoms with Crippen molar-refractivity contribution < 1.29 is 9.13 Å². The van der Waals surface area contributed by atoms with E-state index in [9.17, 15) is 4.39 Å². The normalized spacial score (nSPS) is 13.8. The number of aryl methyl sites for hydroxylation is 1. The maximum atomic E-state index is 13.8. The molecule has 2 nitrogen and oxygen atoms in total. The molecule has 96 valence electrons. The van der Waals surface area contributed by atoms with Gasteiger partial charge in [-0.3, -0.25) is 0 Å². The van der Waals surface area contributed by atoms with E-state index in [4.69, 9.17) is 4.74 Å². The van der Waals surface area contributed by atoms with Gasteiger partial charge < -0.3 is 10.1 Å². The molecule has 1 atom stereocenters. The van der Waals surface area contributed by atoms with Gasteiger partial charge in [0.15, 0.2) is 0 Å². The summed E-state index contributed by atoms with van der Waals surface area (Å²) < 4.78 is 19.2. The Hall–Kier alpha value is -0.930. The smallest absolute Gasteiger partial charge is 0.127 e. The van der Waals surface area contributed by atoms with Crippen LogP contribution in [0.2, 0.25) is 0 Å². The molecule has 0 saturated heterocycles. The maximum Gasteiger partial charge on any atom is 0.127 e. The highest BCUT2D eigenvalue weighted by Gasteiger charge is 2.24. The van der Waals surface area contributed by atoms with Gasteiger partial charge in [-0.1, -0.05) is 17.7 Å². The minimum Gasteiger partial charge on any atom is -0.379 e. The number of methoxy groups -OCH3 is 1. The highest BCUT2D eigenvalue weighted by atomic mass is 19.1. The summed E-state index contributed by atoms with van der Waals surface area (Å²) in [6.07, 6.45) is 0.723. The lowest BCUT2D eigenvalue weighted by molar-refractivity contribution is 0.00718. The third-order valence-corrected chi connectivity index (χ3v) is 3.12. The summed E-state index contributed by atoms with van der Waals surface area (Å²) in [4.78, 5) is 0. The van der Waals surface area contributed by atoms with Crippen molar-refractivity contribution in [1.82, 2.24) is 5.32 Å². The monoisotopic (exact) mass is 239 g/mol. The first-order chi connectivity index (χ1) is 7.89. The SMILES string of the molecule is CNC(CC(C)(C)OC)c1cc(C)ccc1F. The quantitative estimate of drug-likeness (QED) is 0.852. The van der Waals surface area contributed by atoms with Gasteiger partial charge in [-0.2, -0.15) is 0 Å². The second-order valence-electron chi connectivity index (χ2n) is 5.03. The van der Waals surface area contributed by atoms with E-state index in [2.05, 4.69) is 5.32 Å². The molecule has 0 amide bonds. The zero-order valence-corrected chi connectivity index (χ0v) is 11.3. The predicted molar refractivity (Wildman–Crippen MR) is 68.6 cm³/mol. The van der Waals surface area contributed by atoms with Gasteiger partial charge in [0.25, 0.3) is 0 Å². The average Bonchev–Trinajstić information content (AvgIpc) is 2.29. The Morgan fingerprint density at radius 3 is 2.59 bits per heavy atom. The number of benzene rings is 1. The Bertz CT molecular complexity index is 376. The first kappa shape index (κ1) is 14.1. The van der Waals surface area contributed by atoms with Crippen LogP contribution in [-0.2, 0) is 4.74 Å². The van der Waals surface area contributed by atoms with E-state index in [1.807, 2.05) is 33.9 Å². The van der Waals surface area contributed by atoms with Gasteiger partial charge in [0.05, 0.1) is 5.60 Å². The van der Waals surface area contributed by atoms with Crippen molar-refractivity contribution in [2.75, 3.05) is 14.2 Å². The molecular formula is C14H22FNO. The van der Waals surface area contributed by atoms with Gasteiger partial charge in [-0.05, 0) is 40.3 Å². The second kappa shape index (κ2) is 5.61. The molecule has 0 fully saturated rings. The molecule has 0 aliphatic heterocycles. The molecule has 0 aliphatic carbocycles. The van der Waals surface area contributed by atoms with Gasteiger partial charge in [0.1, 0.15) is 5.82 Å². The van der Waals surface area contributed by atoms with Crippen LogP contribution in [0, 0.1) is 12.7 Å². The molecule has 1 aromatic rings. The van der Waals surface area contributed by atoms with E-state index >= 15 is 0 Å². The Morgan fingerprint density at radius 2 is 2.06 bits per heavy atom. The van der Waals surface area contributed by atoms with Crippen LogP contribution in [0.15, 0.2) is 18.2 Å². The lowest BCUT2D eigenvalue weighted by Crippen LogP contribution is -2.31. The summed E-state index contributed by atoms with van der Waals surface area (Å²) in [6, 6.07) is 5.16. The molecule has 17 heavy (non-hydrogen) atoms. The summed E-state index contributed by atoms with van der Waals surface area (Å²) in [5.41, 5.74) is 1.50. The highest BCUT2D eigenvalue weighted by Crippen LogP contribution is 2.27. The first-order valence-electron chi connectivity index (χ1n) is 5.88. The molecule has 1 rings (SSSR count). The fourth-order valence-corrected chi connectivity index (χ4v) is 1.87. The zero-order valence-electron chi connectivity index (χ0n) is 11.3. The molecule has 1 unspecified atom stereocenters. The lowest BCUT2D eigenvalue weighted by atomic mass is 9.92. The number of nitrogens with one attached hydrogen (secondary N) is 1. The molecular weight excluding hydrogens is 217 g/mol. The van der Waals surface area contributed by atoms with Crippen molar-refractivity contribution in [3.05, 3.63) is 35.1 Å². The third kappa shape index (κ3) is 3.79. The van der Waals surface area contributed by atoms with E-state index in [-0.39, 0.29) is 17.5 Å². The summed E-state index contributed by atoms with van der Waals surface area (Å²) in [5, 5.41) is 3.16. The van der Waals surface area contributed by atoms with Crippen LogP contribution < -0.4 is 5.32 Å². The summed E-state index contributed by atoms with van der Waals surface area (Å²) in [6.45, 7) is 5.98. The highest BCUT2D eigenvalue weighted by molar-refractivity contribution is 5.27. The standard InChI is InChI=1S/C14H22FNO/c1-10-6-7-12(15)11(8-10)13(16-4)9-14(2,3)17-5/h6-8,13,16H,9H2,1-5H3. The van der Waals surface area contributed by atoms with Crippen molar-refractivity contribution in [1.29, 1.82) is 0 Å². The second-order valence-corrected chi connectivity index (χ2v) is 5.03. The molecule has 0 spiro atoms. The number of ether oxygens (including phenoxy) is 1. The van der Waals surface area contributed by atoms with Crippen LogP contribution in [0.5, 0.6) is 0 Å². The Morgan fingerprint density at radius 1 is 1.41 bits per heavy atom. The van der Waals surface area contributed by atoms with Crippen LogP contribution in [0.25, 0.3) is 0 Å². The predicted octanol–water partition coefficient (Wildman–Crippen LogP) is 3.21. The molecule has 0 aliphatic rings. The molecule has 0 radical (unpaired) electrons. The van der Waals surface area contributed by atoms with E-state index in [0.29, 0.717) is 5.56 Å². The Kier molecular flexibility index (Phi) is 4.66. The molecule has 0 aromatic heterocycles. The summed E-state index contributed by atoms with van der Waals surface area (Å²) in [7, 11) is 3.53. The van der Waals surface area contributed by atoms with Gasteiger partial charge in [0.2, 0.25) is 0 Å². The van der Waals surface area contributed by atoms with Gasteiger partial charge in [-0.25, -0.2) is 4.39 Å². The van der Waals surface area contributed by atoms with Crippen molar-refractivity contribution in [3.8, 4) is 0 Å². The van der Waals surface area contributed by atoms with Gasteiger partial charge >= 0.3 is 0 Å². The van der Waals surface area contributed by atoms with Gasteiger partial charge in [-0.15, -0.1) is 0 Å². The zero-order chi connectivity index (χ0) is 13.1. The van der Waals surface area contributed by atoms with Crippen LogP contribution in [0.1, 0.15) is 37.4 Å². The van der Waals surface area contributed by atoms with Crippen molar-refractivity contribution in [3.63, 3.8) is 0 Å². The van der Waals surface area contributed by atoms with Crippen LogP contribution >= 0.6 is 0 Å². The van der Waals surface area contributed by atoms with Gasteiger partial charge in [0, 0.05) is 18.7 Å². The van der Waals surface area contributed by atoms with Crippen LogP contribution in [0.4, 0.5) is 4.39 Å². The Labute approximate surface area is 103 Å². The van der Waals surface area contributed by atoms with Crippen molar-refractivity contribution in [2.45, 2.75) is 38.8 Å². The molecule has 1 aromatic carbocycles. The third-order valence-electron chi connectivity index (χ3n) is 3.12. The van der Waals surface area contributed by atoms with E-state index in [1.165, 1.54) is 6.07 Å². The molecule has 1 N–H and O–H groups in total. The van der Waals surface area contributed by atoms with E-state index in [0.717, 1.165) is 12.0 Å². The topological polar surface area (TPSA) is 21.3 Å². The van der Waals surface area contributed by atoms with E-state index in [1.54, 1.807) is 13.2 Å². The number of halogens is 1. The maximum absolute atomic E-state index is 13.8. The fourth-order valence-electron chi connectivity index (χ4n) is 1.87. The largest absolute Gasteiger partial charge is 0.379 e. The number of rotatable bonds is 5. The Balaban J connectivity index is 2.97. The fraction of sp³-hybridized carbons (Fsp3) is 0.571. The molecule has 0 saturated carbocycles. The molecule has 0 bridgehead atoms. The first-order valence-corrected chi connectivity index (χ1v) is 5.88. The summed E-state index contributed by atoms with van der Waals surface area (Å²) >= 11 is 0. The molecule has 0 heterocycles. The van der Waals surface area contributed by atoms with E-state index < -0.39 is 0 Å².